The number of ether oxygens (including phenoxy) is 1. The number of hydrogen-bond acceptors (Lipinski definition) is 2. The van der Waals surface area contributed by atoms with Crippen LogP contribution in [0.25, 0.3) is 0 Å². The highest BCUT2D eigenvalue weighted by Gasteiger charge is 2.16. The van der Waals surface area contributed by atoms with Crippen LogP contribution in [0.1, 0.15) is 22.7 Å². The lowest BCUT2D eigenvalue weighted by Crippen LogP contribution is -2.19. The van der Waals surface area contributed by atoms with Gasteiger partial charge in [0.05, 0.1) is 13.2 Å². The van der Waals surface area contributed by atoms with Crippen molar-refractivity contribution in [3.63, 3.8) is 0 Å². The van der Waals surface area contributed by atoms with Gasteiger partial charge in [0, 0.05) is 3.57 Å². The molecule has 0 spiro atoms. The van der Waals surface area contributed by atoms with E-state index >= 15 is 0 Å². The Morgan fingerprint density at radius 2 is 1.89 bits per heavy atom. The number of methoxy groups -OCH3 is 1. The van der Waals surface area contributed by atoms with Crippen molar-refractivity contribution in [3.05, 3.63) is 62.7 Å². The fourth-order valence-electron chi connectivity index (χ4n) is 2.22. The summed E-state index contributed by atoms with van der Waals surface area (Å²) in [7, 11) is 3.69. The summed E-state index contributed by atoms with van der Waals surface area (Å²) in [4.78, 5) is 0. The van der Waals surface area contributed by atoms with Gasteiger partial charge in [-0.2, -0.15) is 0 Å². The van der Waals surface area contributed by atoms with Gasteiger partial charge in [-0.15, -0.1) is 0 Å². The number of nitrogens with one attached hydrogen (secondary N) is 1. The number of halogens is 1. The Hall–Kier alpha value is -1.07. The number of rotatable bonds is 4. The third-order valence-electron chi connectivity index (χ3n) is 3.25. The lowest BCUT2D eigenvalue weighted by molar-refractivity contribution is 0.414. The predicted molar refractivity (Wildman–Crippen MR) is 87.8 cm³/mol. The van der Waals surface area contributed by atoms with Gasteiger partial charge in [0.1, 0.15) is 5.75 Å². The van der Waals surface area contributed by atoms with Crippen LogP contribution in [-0.4, -0.2) is 14.2 Å². The molecular formula is C16H18INO. The molecule has 0 radical (unpaired) electrons. The second kappa shape index (κ2) is 6.39. The van der Waals surface area contributed by atoms with Crippen molar-refractivity contribution in [1.29, 1.82) is 0 Å². The summed E-state index contributed by atoms with van der Waals surface area (Å²) < 4.78 is 6.62. The fourth-order valence-corrected chi connectivity index (χ4v) is 2.89. The maximum absolute atomic E-state index is 5.31. The average molecular weight is 367 g/mol. The quantitative estimate of drug-likeness (QED) is 0.828. The number of hydrogen-bond donors (Lipinski definition) is 1. The standard InChI is InChI=1S/C16H18INO/c1-11-6-4-9-14(15(11)17)16(18-2)12-7-5-8-13(10-12)19-3/h4-10,16,18H,1-3H3. The zero-order valence-corrected chi connectivity index (χ0v) is 13.6. The Balaban J connectivity index is 2.46. The van der Waals surface area contributed by atoms with Crippen LogP contribution in [0.4, 0.5) is 0 Å². The zero-order chi connectivity index (χ0) is 13.8. The summed E-state index contributed by atoms with van der Waals surface area (Å²) in [6, 6.07) is 14.8. The fraction of sp³-hybridized carbons (Fsp3) is 0.250. The van der Waals surface area contributed by atoms with Crippen LogP contribution in [0.15, 0.2) is 42.5 Å². The molecule has 1 N–H and O–H groups in total. The monoisotopic (exact) mass is 367 g/mol. The van der Waals surface area contributed by atoms with E-state index in [9.17, 15) is 0 Å². The molecule has 0 aliphatic heterocycles. The van der Waals surface area contributed by atoms with E-state index in [0.717, 1.165) is 5.75 Å². The second-order valence-electron chi connectivity index (χ2n) is 4.48. The van der Waals surface area contributed by atoms with Crippen LogP contribution in [0.5, 0.6) is 5.75 Å². The van der Waals surface area contributed by atoms with E-state index in [1.165, 1.54) is 20.3 Å². The van der Waals surface area contributed by atoms with Gasteiger partial charge in [-0.05, 0) is 65.4 Å². The van der Waals surface area contributed by atoms with Gasteiger partial charge < -0.3 is 10.1 Å². The summed E-state index contributed by atoms with van der Waals surface area (Å²) in [6.07, 6.45) is 0. The molecule has 2 aromatic rings. The normalized spacial score (nSPS) is 12.2. The molecule has 3 heteroatoms. The van der Waals surface area contributed by atoms with Crippen LogP contribution in [0, 0.1) is 10.5 Å². The van der Waals surface area contributed by atoms with Crippen molar-refractivity contribution in [2.75, 3.05) is 14.2 Å². The summed E-state index contributed by atoms with van der Waals surface area (Å²) in [5.41, 5.74) is 3.82. The molecule has 2 nitrogen and oxygen atoms in total. The van der Waals surface area contributed by atoms with E-state index in [2.05, 4.69) is 65.2 Å². The molecule has 0 heterocycles. The van der Waals surface area contributed by atoms with Crippen LogP contribution >= 0.6 is 22.6 Å². The maximum Gasteiger partial charge on any atom is 0.119 e. The van der Waals surface area contributed by atoms with Crippen molar-refractivity contribution < 1.29 is 4.74 Å². The summed E-state index contributed by atoms with van der Waals surface area (Å²) in [5.74, 6) is 0.889. The molecule has 0 aliphatic rings. The first kappa shape index (κ1) is 14.3. The van der Waals surface area contributed by atoms with Gasteiger partial charge >= 0.3 is 0 Å². The first-order chi connectivity index (χ1) is 9.17. The summed E-state index contributed by atoms with van der Waals surface area (Å²) in [6.45, 7) is 2.14. The van der Waals surface area contributed by atoms with Crippen LogP contribution in [0.2, 0.25) is 0 Å². The number of benzene rings is 2. The summed E-state index contributed by atoms with van der Waals surface area (Å²) in [5, 5.41) is 3.39. The molecule has 2 rings (SSSR count). The van der Waals surface area contributed by atoms with Gasteiger partial charge in [-0.3, -0.25) is 0 Å². The van der Waals surface area contributed by atoms with Gasteiger partial charge in [-0.1, -0.05) is 30.3 Å². The highest BCUT2D eigenvalue weighted by atomic mass is 127. The Morgan fingerprint density at radius 1 is 1.16 bits per heavy atom. The second-order valence-corrected chi connectivity index (χ2v) is 5.56. The van der Waals surface area contributed by atoms with E-state index in [1.54, 1.807) is 7.11 Å². The smallest absolute Gasteiger partial charge is 0.119 e. The van der Waals surface area contributed by atoms with Crippen molar-refractivity contribution in [2.45, 2.75) is 13.0 Å². The molecule has 1 atom stereocenters. The minimum atomic E-state index is 0.182. The van der Waals surface area contributed by atoms with E-state index in [1.807, 2.05) is 19.2 Å². The Labute approximate surface area is 128 Å². The van der Waals surface area contributed by atoms with Crippen LogP contribution < -0.4 is 10.1 Å². The molecule has 0 aliphatic carbocycles. The molecule has 0 bridgehead atoms. The Morgan fingerprint density at radius 3 is 2.58 bits per heavy atom. The minimum absolute atomic E-state index is 0.182. The lowest BCUT2D eigenvalue weighted by atomic mass is 9.97. The van der Waals surface area contributed by atoms with Crippen molar-refractivity contribution in [3.8, 4) is 5.75 Å². The third-order valence-corrected chi connectivity index (χ3v) is 4.72. The molecule has 0 saturated heterocycles. The SMILES string of the molecule is CNC(c1cccc(OC)c1)c1cccc(C)c1I. The molecule has 0 amide bonds. The van der Waals surface area contributed by atoms with Crippen molar-refractivity contribution in [2.24, 2.45) is 0 Å². The highest BCUT2D eigenvalue weighted by Crippen LogP contribution is 2.29. The van der Waals surface area contributed by atoms with Crippen LogP contribution in [-0.2, 0) is 0 Å². The lowest BCUT2D eigenvalue weighted by Gasteiger charge is -2.20. The number of aryl methyl sites for hydroxylation is 1. The largest absolute Gasteiger partial charge is 0.497 e. The van der Waals surface area contributed by atoms with E-state index < -0.39 is 0 Å². The molecule has 0 saturated carbocycles. The maximum atomic E-state index is 5.31. The molecular weight excluding hydrogens is 349 g/mol. The third kappa shape index (κ3) is 3.09. The first-order valence-corrected chi connectivity index (χ1v) is 7.31. The highest BCUT2D eigenvalue weighted by molar-refractivity contribution is 14.1. The van der Waals surface area contributed by atoms with Gasteiger partial charge in [-0.25, -0.2) is 0 Å². The Bertz CT molecular complexity index is 568. The van der Waals surface area contributed by atoms with E-state index in [-0.39, 0.29) is 6.04 Å². The zero-order valence-electron chi connectivity index (χ0n) is 11.4. The van der Waals surface area contributed by atoms with Crippen molar-refractivity contribution >= 4 is 22.6 Å². The molecule has 2 aromatic carbocycles. The molecule has 1 unspecified atom stereocenters. The van der Waals surface area contributed by atoms with Gasteiger partial charge in [0.2, 0.25) is 0 Å². The summed E-state index contributed by atoms with van der Waals surface area (Å²) >= 11 is 2.42. The predicted octanol–water partition coefficient (Wildman–Crippen LogP) is 3.92. The van der Waals surface area contributed by atoms with Crippen molar-refractivity contribution in [1.82, 2.24) is 5.32 Å². The first-order valence-electron chi connectivity index (χ1n) is 6.23. The van der Waals surface area contributed by atoms with Gasteiger partial charge in [0.25, 0.3) is 0 Å². The van der Waals surface area contributed by atoms with E-state index in [4.69, 9.17) is 4.74 Å². The molecule has 100 valence electrons. The Kier molecular flexibility index (Phi) is 4.82. The molecule has 0 fully saturated rings. The molecule has 0 aromatic heterocycles. The topological polar surface area (TPSA) is 21.3 Å². The molecule has 19 heavy (non-hydrogen) atoms. The minimum Gasteiger partial charge on any atom is -0.497 e. The van der Waals surface area contributed by atoms with Crippen LogP contribution in [0.3, 0.4) is 0 Å². The van der Waals surface area contributed by atoms with E-state index in [0.29, 0.717) is 0 Å². The average Bonchev–Trinajstić information content (AvgIpc) is 2.44. The van der Waals surface area contributed by atoms with Gasteiger partial charge in [0.15, 0.2) is 0 Å².